The van der Waals surface area contributed by atoms with Crippen molar-refractivity contribution in [1.29, 1.82) is 0 Å². The van der Waals surface area contributed by atoms with E-state index in [4.69, 9.17) is 11.6 Å². The predicted octanol–water partition coefficient (Wildman–Crippen LogP) is 0.744. The minimum atomic E-state index is -0.213. The Kier molecular flexibility index (Phi) is 3.08. The Morgan fingerprint density at radius 2 is 1.90 bits per heavy atom. The number of fused-ring (bicyclic) bond motifs is 1. The Morgan fingerprint density at radius 3 is 2.52 bits per heavy atom. The van der Waals surface area contributed by atoms with Crippen LogP contribution in [0.1, 0.15) is 32.4 Å². The zero-order chi connectivity index (χ0) is 15.2. The monoisotopic (exact) mass is 307 g/mol. The summed E-state index contributed by atoms with van der Waals surface area (Å²) in [6.45, 7) is 6.38. The fourth-order valence-electron chi connectivity index (χ4n) is 1.73. The molecule has 0 aliphatic heterocycles. The summed E-state index contributed by atoms with van der Waals surface area (Å²) in [4.78, 5) is 10.2. The SMILES string of the molecule is Cn1nnnc1Cn1nc2nc(C(C)(C)C)nc(Cl)c2n1. The van der Waals surface area contributed by atoms with Crippen molar-refractivity contribution in [3.63, 3.8) is 0 Å². The van der Waals surface area contributed by atoms with Crippen LogP contribution in [0, 0.1) is 0 Å². The smallest absolute Gasteiger partial charge is 0.206 e. The number of rotatable bonds is 2. The molecule has 21 heavy (non-hydrogen) atoms. The van der Waals surface area contributed by atoms with E-state index in [2.05, 4.69) is 35.7 Å². The minimum absolute atomic E-state index is 0.213. The Hall–Kier alpha value is -2.16. The summed E-state index contributed by atoms with van der Waals surface area (Å²) in [7, 11) is 1.75. The lowest BCUT2D eigenvalue weighted by atomic mass is 9.96. The van der Waals surface area contributed by atoms with Gasteiger partial charge in [-0.25, -0.2) is 14.6 Å². The number of aromatic nitrogens is 9. The van der Waals surface area contributed by atoms with E-state index in [1.54, 1.807) is 11.7 Å². The van der Waals surface area contributed by atoms with Gasteiger partial charge in [-0.05, 0) is 10.4 Å². The van der Waals surface area contributed by atoms with E-state index in [1.807, 2.05) is 20.8 Å². The molecule has 0 amide bonds. The third kappa shape index (κ3) is 2.56. The molecule has 3 aromatic rings. The van der Waals surface area contributed by atoms with Crippen LogP contribution >= 0.6 is 11.6 Å². The van der Waals surface area contributed by atoms with Crippen molar-refractivity contribution in [2.24, 2.45) is 7.05 Å². The second-order valence-corrected chi connectivity index (χ2v) is 6.07. The summed E-state index contributed by atoms with van der Waals surface area (Å²) < 4.78 is 1.56. The van der Waals surface area contributed by atoms with Gasteiger partial charge in [0.2, 0.25) is 5.65 Å². The molecular weight excluding hydrogens is 294 g/mol. The first-order valence-electron chi connectivity index (χ1n) is 6.34. The van der Waals surface area contributed by atoms with Crippen LogP contribution in [0.25, 0.3) is 11.2 Å². The molecule has 0 atom stereocenters. The second-order valence-electron chi connectivity index (χ2n) is 5.71. The quantitative estimate of drug-likeness (QED) is 0.644. The normalized spacial score (nSPS) is 12.2. The van der Waals surface area contributed by atoms with Gasteiger partial charge < -0.3 is 0 Å². The van der Waals surface area contributed by atoms with Gasteiger partial charge in [-0.3, -0.25) is 0 Å². The highest BCUT2D eigenvalue weighted by atomic mass is 35.5. The Bertz CT molecular complexity index is 798. The molecule has 0 aliphatic carbocycles. The van der Waals surface area contributed by atoms with Crippen molar-refractivity contribution in [3.8, 4) is 0 Å². The molecule has 9 nitrogen and oxygen atoms in total. The van der Waals surface area contributed by atoms with Crippen LogP contribution in [0.3, 0.4) is 0 Å². The Labute approximate surface area is 125 Å². The van der Waals surface area contributed by atoms with Crippen molar-refractivity contribution in [2.75, 3.05) is 0 Å². The number of hydrogen-bond donors (Lipinski definition) is 0. The third-order valence-electron chi connectivity index (χ3n) is 2.91. The number of tetrazole rings is 1. The number of aryl methyl sites for hydroxylation is 1. The maximum Gasteiger partial charge on any atom is 0.206 e. The fourth-order valence-corrected chi connectivity index (χ4v) is 1.94. The van der Waals surface area contributed by atoms with Gasteiger partial charge in [0.15, 0.2) is 16.5 Å². The highest BCUT2D eigenvalue weighted by Crippen LogP contribution is 2.23. The summed E-state index contributed by atoms with van der Waals surface area (Å²) in [6.07, 6.45) is 0. The maximum absolute atomic E-state index is 6.18. The van der Waals surface area contributed by atoms with E-state index in [9.17, 15) is 0 Å². The van der Waals surface area contributed by atoms with Gasteiger partial charge in [0, 0.05) is 12.5 Å². The topological polar surface area (TPSA) is 100 Å². The van der Waals surface area contributed by atoms with Gasteiger partial charge in [-0.1, -0.05) is 32.4 Å². The third-order valence-corrected chi connectivity index (χ3v) is 3.17. The number of hydrogen-bond acceptors (Lipinski definition) is 7. The average Bonchev–Trinajstić information content (AvgIpc) is 2.96. The molecule has 0 saturated carbocycles. The molecule has 3 heterocycles. The van der Waals surface area contributed by atoms with Gasteiger partial charge in [0.1, 0.15) is 12.4 Å². The standard InChI is InChI=1S/C11H14ClN9/c1-11(2,3)10-13-8(12)7-9(14-10)17-21(16-7)5-6-15-18-19-20(6)4/h5H2,1-4H3. The van der Waals surface area contributed by atoms with Gasteiger partial charge >= 0.3 is 0 Å². The molecule has 0 saturated heterocycles. The second kappa shape index (κ2) is 4.69. The van der Waals surface area contributed by atoms with E-state index < -0.39 is 0 Å². The zero-order valence-electron chi connectivity index (χ0n) is 12.1. The van der Waals surface area contributed by atoms with E-state index in [0.29, 0.717) is 34.5 Å². The molecule has 0 aliphatic rings. The van der Waals surface area contributed by atoms with Crippen LogP contribution in [0.4, 0.5) is 0 Å². The Balaban J connectivity index is 2.04. The van der Waals surface area contributed by atoms with Crippen LogP contribution in [0.2, 0.25) is 5.15 Å². The van der Waals surface area contributed by atoms with Crippen LogP contribution in [-0.4, -0.2) is 45.2 Å². The molecule has 0 fully saturated rings. The van der Waals surface area contributed by atoms with Crippen LogP contribution < -0.4 is 0 Å². The summed E-state index contributed by atoms with van der Waals surface area (Å²) >= 11 is 6.18. The molecular formula is C11H14ClN9. The number of nitrogens with zero attached hydrogens (tertiary/aromatic N) is 9. The summed E-state index contributed by atoms with van der Waals surface area (Å²) in [6, 6.07) is 0. The summed E-state index contributed by atoms with van der Waals surface area (Å²) in [5.74, 6) is 1.27. The van der Waals surface area contributed by atoms with Crippen molar-refractivity contribution in [1.82, 2.24) is 45.2 Å². The van der Waals surface area contributed by atoms with Crippen molar-refractivity contribution >= 4 is 22.8 Å². The molecule has 110 valence electrons. The number of halogens is 1. The van der Waals surface area contributed by atoms with Crippen LogP contribution in [0.15, 0.2) is 0 Å². The van der Waals surface area contributed by atoms with Gasteiger partial charge in [-0.2, -0.15) is 4.80 Å². The van der Waals surface area contributed by atoms with Crippen molar-refractivity contribution in [2.45, 2.75) is 32.7 Å². The molecule has 3 aromatic heterocycles. The van der Waals surface area contributed by atoms with Crippen molar-refractivity contribution in [3.05, 3.63) is 16.8 Å². The van der Waals surface area contributed by atoms with E-state index >= 15 is 0 Å². The van der Waals surface area contributed by atoms with E-state index in [-0.39, 0.29) is 5.41 Å². The first kappa shape index (κ1) is 13.8. The van der Waals surface area contributed by atoms with E-state index in [1.165, 1.54) is 4.80 Å². The highest BCUT2D eigenvalue weighted by Gasteiger charge is 2.21. The van der Waals surface area contributed by atoms with Gasteiger partial charge in [-0.15, -0.1) is 15.3 Å². The molecule has 10 heteroatoms. The molecule has 3 rings (SSSR count). The van der Waals surface area contributed by atoms with Gasteiger partial charge in [0.25, 0.3) is 0 Å². The molecule has 0 bridgehead atoms. The van der Waals surface area contributed by atoms with Gasteiger partial charge in [0.05, 0.1) is 0 Å². The average molecular weight is 308 g/mol. The highest BCUT2D eigenvalue weighted by molar-refractivity contribution is 6.33. The molecule has 0 N–H and O–H groups in total. The lowest BCUT2D eigenvalue weighted by Gasteiger charge is -2.15. The summed E-state index contributed by atoms with van der Waals surface area (Å²) in [5, 5.41) is 20.1. The first-order chi connectivity index (χ1) is 9.84. The summed E-state index contributed by atoms with van der Waals surface area (Å²) in [5.41, 5.74) is 0.727. The minimum Gasteiger partial charge on any atom is -0.231 e. The predicted molar refractivity (Wildman–Crippen MR) is 74.7 cm³/mol. The van der Waals surface area contributed by atoms with Crippen molar-refractivity contribution < 1.29 is 0 Å². The van der Waals surface area contributed by atoms with Crippen LogP contribution in [0.5, 0.6) is 0 Å². The van der Waals surface area contributed by atoms with E-state index in [0.717, 1.165) is 0 Å². The fraction of sp³-hybridized carbons (Fsp3) is 0.545. The first-order valence-corrected chi connectivity index (χ1v) is 6.72. The Morgan fingerprint density at radius 1 is 1.14 bits per heavy atom. The molecule has 0 spiro atoms. The molecule has 0 aromatic carbocycles. The lowest BCUT2D eigenvalue weighted by Crippen LogP contribution is -2.16. The largest absolute Gasteiger partial charge is 0.231 e. The zero-order valence-corrected chi connectivity index (χ0v) is 12.9. The molecule has 0 radical (unpaired) electrons. The van der Waals surface area contributed by atoms with Crippen LogP contribution in [-0.2, 0) is 19.0 Å². The maximum atomic E-state index is 6.18. The lowest BCUT2D eigenvalue weighted by molar-refractivity contribution is 0.544. The molecule has 0 unspecified atom stereocenters.